The van der Waals surface area contributed by atoms with Crippen molar-refractivity contribution in [3.63, 3.8) is 0 Å². The van der Waals surface area contributed by atoms with Gasteiger partial charge in [0.05, 0.1) is 12.0 Å². The van der Waals surface area contributed by atoms with E-state index in [0.717, 1.165) is 38.9 Å². The summed E-state index contributed by atoms with van der Waals surface area (Å²) in [7, 11) is 0. The highest BCUT2D eigenvalue weighted by Crippen LogP contribution is 2.42. The summed E-state index contributed by atoms with van der Waals surface area (Å²) >= 11 is 0. The van der Waals surface area contributed by atoms with Crippen molar-refractivity contribution >= 4 is 0 Å². The fraction of sp³-hybridized carbons (Fsp3) is 0.536. The van der Waals surface area contributed by atoms with Crippen LogP contribution in [-0.4, -0.2) is 24.2 Å². The third-order valence-corrected chi connectivity index (χ3v) is 6.37. The highest BCUT2D eigenvalue weighted by Gasteiger charge is 2.41. The third kappa shape index (κ3) is 9.60. The van der Waals surface area contributed by atoms with Crippen LogP contribution in [0.25, 0.3) is 0 Å². The summed E-state index contributed by atoms with van der Waals surface area (Å²) in [4.78, 5) is 2.52. The fourth-order valence-corrected chi connectivity index (χ4v) is 4.65. The molecule has 1 aliphatic rings. The molecule has 180 valence electrons. The summed E-state index contributed by atoms with van der Waals surface area (Å²) in [5, 5.41) is 7.32. The molecule has 0 N–H and O–H groups in total. The lowest BCUT2D eigenvalue weighted by Gasteiger charge is -2.30. The van der Waals surface area contributed by atoms with Gasteiger partial charge in [0.2, 0.25) is 0 Å². The second kappa shape index (κ2) is 14.1. The van der Waals surface area contributed by atoms with Crippen molar-refractivity contribution in [1.29, 1.82) is 5.26 Å². The molecule has 0 bridgehead atoms. The number of benzene rings is 2. The summed E-state index contributed by atoms with van der Waals surface area (Å²) in [5.41, 5.74) is 3.88. The van der Waals surface area contributed by atoms with Crippen LogP contribution in [0.1, 0.15) is 75.0 Å². The molecule has 0 saturated heterocycles. The topological polar surface area (TPSA) is 27.0 Å². The van der Waals surface area contributed by atoms with Crippen LogP contribution in [0.5, 0.6) is 0 Å². The molecule has 0 amide bonds. The van der Waals surface area contributed by atoms with E-state index in [1.807, 2.05) is 0 Å². The molecule has 2 nitrogen and oxygen atoms in total. The maximum absolute atomic E-state index is 12.9. The highest BCUT2D eigenvalue weighted by molar-refractivity contribution is 5.26. The quantitative estimate of drug-likeness (QED) is 0.382. The monoisotopic (exact) mass is 458 g/mol. The summed E-state index contributed by atoms with van der Waals surface area (Å²) in [5.74, 6) is -0.821. The minimum absolute atomic E-state index is 0.268. The van der Waals surface area contributed by atoms with Crippen molar-refractivity contribution in [1.82, 2.24) is 4.90 Å². The Bertz CT molecular complexity index is 817. The number of nitriles is 1. The Labute approximate surface area is 197 Å². The largest absolute Gasteiger partial charge is 0.391 e. The summed E-state index contributed by atoms with van der Waals surface area (Å²) < 4.78 is 38.6. The van der Waals surface area contributed by atoms with Crippen LogP contribution in [0.15, 0.2) is 54.6 Å². The SMILES string of the molecule is CC#N.CCCN(CCCc1ccc(C2CCC(C(F)(F)F)CC2)cc1)Cc1ccccc1. The van der Waals surface area contributed by atoms with E-state index >= 15 is 0 Å². The van der Waals surface area contributed by atoms with Crippen LogP contribution in [0.3, 0.4) is 0 Å². The van der Waals surface area contributed by atoms with E-state index in [0.29, 0.717) is 12.8 Å². The average Bonchev–Trinajstić information content (AvgIpc) is 2.80. The molecule has 0 aliphatic heterocycles. The Balaban J connectivity index is 0.00000122. The van der Waals surface area contributed by atoms with Crippen LogP contribution in [-0.2, 0) is 13.0 Å². The first kappa shape index (κ1) is 26.9. The Morgan fingerprint density at radius 1 is 0.909 bits per heavy atom. The Morgan fingerprint density at radius 3 is 2.06 bits per heavy atom. The van der Waals surface area contributed by atoms with E-state index in [2.05, 4.69) is 66.4 Å². The lowest BCUT2D eigenvalue weighted by molar-refractivity contribution is -0.182. The molecule has 1 fully saturated rings. The van der Waals surface area contributed by atoms with Crippen LogP contribution in [0.4, 0.5) is 13.2 Å². The van der Waals surface area contributed by atoms with Gasteiger partial charge < -0.3 is 0 Å². The molecular formula is C28H37F3N2. The van der Waals surface area contributed by atoms with Crippen LogP contribution in [0, 0.1) is 17.2 Å². The zero-order valence-corrected chi connectivity index (χ0v) is 20.0. The predicted molar refractivity (Wildman–Crippen MR) is 129 cm³/mol. The zero-order valence-electron chi connectivity index (χ0n) is 20.0. The van der Waals surface area contributed by atoms with Crippen molar-refractivity contribution in [2.24, 2.45) is 5.92 Å². The molecule has 0 unspecified atom stereocenters. The van der Waals surface area contributed by atoms with Crippen LogP contribution in [0.2, 0.25) is 0 Å². The fourth-order valence-electron chi connectivity index (χ4n) is 4.65. The van der Waals surface area contributed by atoms with Crippen molar-refractivity contribution in [2.45, 2.75) is 77.4 Å². The molecule has 1 saturated carbocycles. The number of halogens is 3. The van der Waals surface area contributed by atoms with Crippen LogP contribution < -0.4 is 0 Å². The molecule has 0 heterocycles. The first-order valence-corrected chi connectivity index (χ1v) is 12.1. The maximum atomic E-state index is 12.9. The number of rotatable bonds is 9. The molecule has 2 aromatic rings. The van der Waals surface area contributed by atoms with E-state index in [9.17, 15) is 13.2 Å². The molecule has 33 heavy (non-hydrogen) atoms. The van der Waals surface area contributed by atoms with Gasteiger partial charge in [-0.05, 0) is 80.6 Å². The standard InChI is InChI=1S/C26H34F3N.C2H3N/c1-2-18-30(20-22-7-4-3-5-8-22)19-6-9-21-10-12-23(13-11-21)24-14-16-25(17-15-24)26(27,28)29;1-2-3/h3-5,7-8,10-13,24-25H,2,6,9,14-20H2,1H3;1H3. The van der Waals surface area contributed by atoms with E-state index in [-0.39, 0.29) is 18.8 Å². The van der Waals surface area contributed by atoms with Crippen molar-refractivity contribution in [3.8, 4) is 6.07 Å². The van der Waals surface area contributed by atoms with E-state index in [1.165, 1.54) is 23.6 Å². The van der Waals surface area contributed by atoms with E-state index in [1.54, 1.807) is 6.07 Å². The normalized spacial score (nSPS) is 18.3. The minimum Gasteiger partial charge on any atom is -0.299 e. The number of hydrogen-bond acceptors (Lipinski definition) is 2. The molecule has 5 heteroatoms. The Kier molecular flexibility index (Phi) is 11.5. The van der Waals surface area contributed by atoms with Gasteiger partial charge in [-0.25, -0.2) is 0 Å². The second-order valence-electron chi connectivity index (χ2n) is 8.92. The second-order valence-corrected chi connectivity index (χ2v) is 8.92. The lowest BCUT2D eigenvalue weighted by atomic mass is 9.78. The maximum Gasteiger partial charge on any atom is 0.391 e. The van der Waals surface area contributed by atoms with Crippen molar-refractivity contribution in [2.75, 3.05) is 13.1 Å². The van der Waals surface area contributed by atoms with Gasteiger partial charge in [-0.2, -0.15) is 18.4 Å². The van der Waals surface area contributed by atoms with Crippen molar-refractivity contribution < 1.29 is 13.2 Å². The first-order valence-electron chi connectivity index (χ1n) is 12.1. The van der Waals surface area contributed by atoms with Crippen LogP contribution >= 0.6 is 0 Å². The van der Waals surface area contributed by atoms with Crippen molar-refractivity contribution in [3.05, 3.63) is 71.3 Å². The molecule has 3 rings (SSSR count). The van der Waals surface area contributed by atoms with Gasteiger partial charge in [0.15, 0.2) is 0 Å². The number of nitrogens with zero attached hydrogens (tertiary/aromatic N) is 2. The smallest absolute Gasteiger partial charge is 0.299 e. The number of hydrogen-bond donors (Lipinski definition) is 0. The highest BCUT2D eigenvalue weighted by atomic mass is 19.4. The van der Waals surface area contributed by atoms with Gasteiger partial charge in [0.25, 0.3) is 0 Å². The Morgan fingerprint density at radius 2 is 1.52 bits per heavy atom. The molecule has 0 spiro atoms. The molecule has 1 aliphatic carbocycles. The van der Waals surface area contributed by atoms with Gasteiger partial charge in [-0.1, -0.05) is 61.5 Å². The summed E-state index contributed by atoms with van der Waals surface area (Å²) in [6.07, 6.45) is 1.11. The minimum atomic E-state index is -4.03. The number of aryl methyl sites for hydroxylation is 1. The zero-order chi connectivity index (χ0) is 24.1. The van der Waals surface area contributed by atoms with Gasteiger partial charge in [-0.3, -0.25) is 4.90 Å². The summed E-state index contributed by atoms with van der Waals surface area (Å²) in [6, 6.07) is 21.0. The van der Waals surface area contributed by atoms with E-state index in [4.69, 9.17) is 5.26 Å². The van der Waals surface area contributed by atoms with Gasteiger partial charge in [0.1, 0.15) is 0 Å². The average molecular weight is 459 g/mol. The first-order chi connectivity index (χ1) is 15.9. The molecule has 0 radical (unpaired) electrons. The van der Waals surface area contributed by atoms with E-state index < -0.39 is 12.1 Å². The molecule has 0 atom stereocenters. The van der Waals surface area contributed by atoms with Gasteiger partial charge in [0, 0.05) is 13.5 Å². The van der Waals surface area contributed by atoms with Gasteiger partial charge in [-0.15, -0.1) is 0 Å². The molecule has 2 aromatic carbocycles. The lowest BCUT2D eigenvalue weighted by Crippen LogP contribution is -2.27. The third-order valence-electron chi connectivity index (χ3n) is 6.37. The number of alkyl halides is 3. The summed E-state index contributed by atoms with van der Waals surface area (Å²) in [6.45, 7) is 6.83. The Hall–Kier alpha value is -2.32. The molecule has 0 aromatic heterocycles. The molecular weight excluding hydrogens is 421 g/mol. The predicted octanol–water partition coefficient (Wildman–Crippen LogP) is 7.90. The van der Waals surface area contributed by atoms with Gasteiger partial charge >= 0.3 is 6.18 Å².